The van der Waals surface area contributed by atoms with Crippen molar-refractivity contribution in [1.82, 2.24) is 4.98 Å². The Bertz CT molecular complexity index is 495. The van der Waals surface area contributed by atoms with Crippen LogP contribution in [0.3, 0.4) is 0 Å². The number of methoxy groups -OCH3 is 1. The molecule has 110 valence electrons. The van der Waals surface area contributed by atoms with E-state index >= 15 is 0 Å². The summed E-state index contributed by atoms with van der Waals surface area (Å²) in [5.41, 5.74) is 6.30. The maximum absolute atomic E-state index is 11.6. The molecule has 0 amide bonds. The Hall–Kier alpha value is -1.86. The minimum absolute atomic E-state index is 0.0261. The first-order valence-electron chi connectivity index (χ1n) is 6.40. The fraction of sp³-hybridized carbons (Fsp3) is 0.538. The van der Waals surface area contributed by atoms with Crippen molar-refractivity contribution < 1.29 is 19.4 Å². The lowest BCUT2D eigenvalue weighted by Gasteiger charge is -2.36. The molecular formula is C13H19N3O4. The van der Waals surface area contributed by atoms with E-state index in [1.807, 2.05) is 11.8 Å². The summed E-state index contributed by atoms with van der Waals surface area (Å²) in [5.74, 6) is 0.124. The SMILES string of the molecule is COC(=O)c1cc(N2CC(C)OC(CO)C2)ncc1N. The molecule has 0 spiro atoms. The van der Waals surface area contributed by atoms with Crippen LogP contribution in [-0.2, 0) is 9.47 Å². The molecule has 0 radical (unpaired) electrons. The normalized spacial score (nSPS) is 22.6. The van der Waals surface area contributed by atoms with Crippen LogP contribution in [0.4, 0.5) is 11.5 Å². The van der Waals surface area contributed by atoms with E-state index in [0.29, 0.717) is 18.9 Å². The Labute approximate surface area is 117 Å². The van der Waals surface area contributed by atoms with Gasteiger partial charge in [0.15, 0.2) is 0 Å². The second-order valence-corrected chi connectivity index (χ2v) is 4.78. The van der Waals surface area contributed by atoms with Crippen molar-refractivity contribution in [2.75, 3.05) is 37.4 Å². The van der Waals surface area contributed by atoms with Gasteiger partial charge in [0.25, 0.3) is 0 Å². The maximum atomic E-state index is 11.6. The number of carbonyl (C=O) groups is 1. The minimum Gasteiger partial charge on any atom is -0.465 e. The molecule has 1 aromatic heterocycles. The molecule has 0 aromatic carbocycles. The number of pyridine rings is 1. The van der Waals surface area contributed by atoms with E-state index in [9.17, 15) is 9.90 Å². The number of ether oxygens (including phenoxy) is 2. The molecular weight excluding hydrogens is 262 g/mol. The van der Waals surface area contributed by atoms with E-state index in [0.717, 1.165) is 0 Å². The van der Waals surface area contributed by atoms with E-state index in [-0.39, 0.29) is 30.1 Å². The molecule has 1 saturated heterocycles. The third kappa shape index (κ3) is 3.00. The van der Waals surface area contributed by atoms with Gasteiger partial charge in [-0.3, -0.25) is 0 Å². The number of aliphatic hydroxyl groups excluding tert-OH is 1. The molecule has 0 saturated carbocycles. The molecule has 1 aliphatic heterocycles. The predicted molar refractivity (Wildman–Crippen MR) is 73.6 cm³/mol. The summed E-state index contributed by atoms with van der Waals surface area (Å²) in [7, 11) is 1.31. The van der Waals surface area contributed by atoms with Crippen LogP contribution in [0.2, 0.25) is 0 Å². The molecule has 2 atom stereocenters. The number of morpholine rings is 1. The number of hydrogen-bond acceptors (Lipinski definition) is 7. The number of esters is 1. The second-order valence-electron chi connectivity index (χ2n) is 4.78. The van der Waals surface area contributed by atoms with Crippen LogP contribution < -0.4 is 10.6 Å². The van der Waals surface area contributed by atoms with Gasteiger partial charge in [-0.05, 0) is 13.0 Å². The Kier molecular flexibility index (Phi) is 4.41. The second kappa shape index (κ2) is 6.06. The fourth-order valence-corrected chi connectivity index (χ4v) is 2.25. The molecule has 3 N–H and O–H groups in total. The largest absolute Gasteiger partial charge is 0.465 e. The molecule has 1 aliphatic rings. The third-order valence-corrected chi connectivity index (χ3v) is 3.18. The fourth-order valence-electron chi connectivity index (χ4n) is 2.25. The molecule has 1 aromatic rings. The van der Waals surface area contributed by atoms with Crippen molar-refractivity contribution in [3.05, 3.63) is 17.8 Å². The van der Waals surface area contributed by atoms with Gasteiger partial charge < -0.3 is 25.2 Å². The Balaban J connectivity index is 2.26. The highest BCUT2D eigenvalue weighted by molar-refractivity contribution is 5.95. The van der Waals surface area contributed by atoms with Crippen LogP contribution in [0.5, 0.6) is 0 Å². The number of aliphatic hydroxyl groups is 1. The average Bonchev–Trinajstić information content (AvgIpc) is 2.46. The number of rotatable bonds is 3. The number of nitrogen functional groups attached to an aromatic ring is 1. The van der Waals surface area contributed by atoms with Crippen LogP contribution in [0.1, 0.15) is 17.3 Å². The van der Waals surface area contributed by atoms with Gasteiger partial charge >= 0.3 is 5.97 Å². The van der Waals surface area contributed by atoms with Crippen molar-refractivity contribution >= 4 is 17.5 Å². The molecule has 0 bridgehead atoms. The minimum atomic E-state index is -0.494. The summed E-state index contributed by atoms with van der Waals surface area (Å²) in [6.45, 7) is 3.01. The highest BCUT2D eigenvalue weighted by Crippen LogP contribution is 2.22. The lowest BCUT2D eigenvalue weighted by atomic mass is 10.2. The zero-order chi connectivity index (χ0) is 14.7. The van der Waals surface area contributed by atoms with E-state index in [1.165, 1.54) is 13.3 Å². The summed E-state index contributed by atoms with van der Waals surface area (Å²) >= 11 is 0. The van der Waals surface area contributed by atoms with Crippen molar-refractivity contribution in [1.29, 1.82) is 0 Å². The predicted octanol–water partition coefficient (Wildman–Crippen LogP) is 0.0364. The molecule has 0 aliphatic carbocycles. The average molecular weight is 281 g/mol. The van der Waals surface area contributed by atoms with Gasteiger partial charge in [-0.2, -0.15) is 0 Å². The third-order valence-electron chi connectivity index (χ3n) is 3.18. The molecule has 2 rings (SSSR count). The number of hydrogen-bond donors (Lipinski definition) is 2. The van der Waals surface area contributed by atoms with Crippen molar-refractivity contribution in [2.24, 2.45) is 0 Å². The monoisotopic (exact) mass is 281 g/mol. The van der Waals surface area contributed by atoms with Crippen LogP contribution in [0, 0.1) is 0 Å². The maximum Gasteiger partial charge on any atom is 0.340 e. The summed E-state index contributed by atoms with van der Waals surface area (Å²) in [5, 5.41) is 9.23. The highest BCUT2D eigenvalue weighted by atomic mass is 16.5. The van der Waals surface area contributed by atoms with Gasteiger partial charge in [-0.25, -0.2) is 9.78 Å². The lowest BCUT2D eigenvalue weighted by molar-refractivity contribution is -0.0423. The van der Waals surface area contributed by atoms with E-state index in [4.69, 9.17) is 15.2 Å². The number of nitrogens with two attached hydrogens (primary N) is 1. The number of nitrogens with zero attached hydrogens (tertiary/aromatic N) is 2. The van der Waals surface area contributed by atoms with Gasteiger partial charge in [0.05, 0.1) is 43.4 Å². The van der Waals surface area contributed by atoms with Crippen LogP contribution in [0.25, 0.3) is 0 Å². The summed E-state index contributed by atoms with van der Waals surface area (Å²) < 4.78 is 10.3. The van der Waals surface area contributed by atoms with Gasteiger partial charge in [0, 0.05) is 13.1 Å². The zero-order valence-corrected chi connectivity index (χ0v) is 11.6. The first-order valence-corrected chi connectivity index (χ1v) is 6.40. The lowest BCUT2D eigenvalue weighted by Crippen LogP contribution is -2.48. The smallest absolute Gasteiger partial charge is 0.340 e. The summed E-state index contributed by atoms with van der Waals surface area (Å²) in [6.07, 6.45) is 1.15. The summed E-state index contributed by atoms with van der Waals surface area (Å²) in [4.78, 5) is 17.8. The van der Waals surface area contributed by atoms with Gasteiger partial charge in [-0.1, -0.05) is 0 Å². The number of anilines is 2. The highest BCUT2D eigenvalue weighted by Gasteiger charge is 2.26. The molecule has 7 nitrogen and oxygen atoms in total. The molecule has 7 heteroatoms. The molecule has 2 heterocycles. The topological polar surface area (TPSA) is 97.9 Å². The number of aromatic nitrogens is 1. The Morgan fingerprint density at radius 1 is 1.65 bits per heavy atom. The van der Waals surface area contributed by atoms with Crippen molar-refractivity contribution in [3.63, 3.8) is 0 Å². The Morgan fingerprint density at radius 3 is 3.05 bits per heavy atom. The van der Waals surface area contributed by atoms with Crippen molar-refractivity contribution in [2.45, 2.75) is 19.1 Å². The van der Waals surface area contributed by atoms with Gasteiger partial charge in [-0.15, -0.1) is 0 Å². The molecule has 2 unspecified atom stereocenters. The van der Waals surface area contributed by atoms with Crippen LogP contribution in [-0.4, -0.2) is 55.1 Å². The standard InChI is InChI=1S/C13H19N3O4/c1-8-5-16(6-9(7-17)20-8)12-3-10(13(18)19-2)11(14)4-15-12/h3-4,8-9,17H,5-7,14H2,1-2H3. The zero-order valence-electron chi connectivity index (χ0n) is 11.6. The first-order chi connectivity index (χ1) is 9.55. The van der Waals surface area contributed by atoms with Gasteiger partial charge in [0.2, 0.25) is 0 Å². The van der Waals surface area contributed by atoms with E-state index < -0.39 is 5.97 Å². The van der Waals surface area contributed by atoms with Crippen molar-refractivity contribution in [3.8, 4) is 0 Å². The van der Waals surface area contributed by atoms with Crippen LogP contribution >= 0.6 is 0 Å². The van der Waals surface area contributed by atoms with Crippen LogP contribution in [0.15, 0.2) is 12.3 Å². The van der Waals surface area contributed by atoms with Gasteiger partial charge in [0.1, 0.15) is 5.82 Å². The van der Waals surface area contributed by atoms with E-state index in [2.05, 4.69) is 4.98 Å². The summed E-state index contributed by atoms with van der Waals surface area (Å²) in [6, 6.07) is 1.60. The number of carbonyl (C=O) groups excluding carboxylic acids is 1. The Morgan fingerprint density at radius 2 is 2.40 bits per heavy atom. The first kappa shape index (κ1) is 14.5. The molecule has 20 heavy (non-hydrogen) atoms. The quantitative estimate of drug-likeness (QED) is 0.755. The van der Waals surface area contributed by atoms with E-state index in [1.54, 1.807) is 6.07 Å². The molecule has 1 fully saturated rings.